The van der Waals surface area contributed by atoms with Crippen molar-refractivity contribution in [1.82, 2.24) is 14.8 Å². The van der Waals surface area contributed by atoms with Crippen LogP contribution in [0.1, 0.15) is 16.1 Å². The minimum atomic E-state index is -0.319. The zero-order chi connectivity index (χ0) is 18.1. The molecule has 4 rings (SSSR count). The van der Waals surface area contributed by atoms with Gasteiger partial charge in [0, 0.05) is 11.6 Å². The second-order valence-electron chi connectivity index (χ2n) is 5.87. The summed E-state index contributed by atoms with van der Waals surface area (Å²) in [5, 5.41) is 8.11. The molecule has 0 atom stereocenters. The number of rotatable bonds is 3. The van der Waals surface area contributed by atoms with Crippen molar-refractivity contribution in [3.8, 4) is 5.69 Å². The number of para-hydroxylation sites is 1. The van der Waals surface area contributed by atoms with Crippen molar-refractivity contribution in [1.29, 1.82) is 0 Å². The lowest BCUT2D eigenvalue weighted by atomic mass is 10.1. The van der Waals surface area contributed by atoms with Crippen molar-refractivity contribution in [2.24, 2.45) is 0 Å². The van der Waals surface area contributed by atoms with Crippen molar-refractivity contribution >= 4 is 22.5 Å². The molecule has 2 heterocycles. The van der Waals surface area contributed by atoms with Crippen molar-refractivity contribution in [2.75, 3.05) is 5.32 Å². The fourth-order valence-electron chi connectivity index (χ4n) is 2.87. The van der Waals surface area contributed by atoms with Crippen LogP contribution in [-0.4, -0.2) is 20.7 Å². The maximum absolute atomic E-state index is 13.1. The monoisotopic (exact) mass is 346 g/mol. The minimum Gasteiger partial charge on any atom is -0.320 e. The van der Waals surface area contributed by atoms with Gasteiger partial charge >= 0.3 is 0 Å². The molecular formula is C20H15FN4O. The molecule has 4 aromatic rings. The van der Waals surface area contributed by atoms with Crippen LogP contribution in [0.3, 0.4) is 0 Å². The number of nitrogens with one attached hydrogen (secondary N) is 1. The lowest BCUT2D eigenvalue weighted by molar-refractivity contribution is 0.102. The fraction of sp³-hybridized carbons (Fsp3) is 0.0500. The maximum atomic E-state index is 13.1. The lowest BCUT2D eigenvalue weighted by Crippen LogP contribution is -2.13. The first-order chi connectivity index (χ1) is 12.6. The lowest BCUT2D eigenvalue weighted by Gasteiger charge is -2.08. The number of amides is 1. The smallest absolute Gasteiger partial charge is 0.259 e. The van der Waals surface area contributed by atoms with Crippen LogP contribution < -0.4 is 5.32 Å². The highest BCUT2D eigenvalue weighted by molar-refractivity contribution is 6.08. The summed E-state index contributed by atoms with van der Waals surface area (Å²) in [5.41, 5.74) is 3.17. The molecule has 0 fully saturated rings. The number of carbonyl (C=O) groups is 1. The molecule has 2 aromatic heterocycles. The largest absolute Gasteiger partial charge is 0.320 e. The van der Waals surface area contributed by atoms with Crippen LogP contribution in [0.4, 0.5) is 10.1 Å². The molecule has 0 aliphatic carbocycles. The van der Waals surface area contributed by atoms with Gasteiger partial charge < -0.3 is 5.32 Å². The van der Waals surface area contributed by atoms with Crippen molar-refractivity contribution in [3.63, 3.8) is 0 Å². The Balaban J connectivity index is 1.66. The number of fused-ring (bicyclic) bond motifs is 1. The standard InChI is InChI=1S/C20H15FN4O/c1-13-17(12-23-25(13)16-9-7-15(21)8-10-16)20(26)24-18-6-2-4-14-5-3-11-22-19(14)18/h2-12H,1H3,(H,24,26). The third kappa shape index (κ3) is 2.82. The van der Waals surface area contributed by atoms with Crippen LogP contribution in [0.2, 0.25) is 0 Å². The molecule has 5 nitrogen and oxygen atoms in total. The number of aromatic nitrogens is 3. The highest BCUT2D eigenvalue weighted by Crippen LogP contribution is 2.22. The second-order valence-corrected chi connectivity index (χ2v) is 5.87. The normalized spacial score (nSPS) is 10.8. The van der Waals surface area contributed by atoms with E-state index < -0.39 is 0 Å². The summed E-state index contributed by atoms with van der Waals surface area (Å²) in [7, 11) is 0. The van der Waals surface area contributed by atoms with Crippen LogP contribution in [-0.2, 0) is 0 Å². The average Bonchev–Trinajstić information content (AvgIpc) is 3.04. The molecule has 128 valence electrons. The molecule has 0 bridgehead atoms. The predicted molar refractivity (Wildman–Crippen MR) is 98.0 cm³/mol. The Labute approximate surface area is 149 Å². The predicted octanol–water partition coefficient (Wildman–Crippen LogP) is 4.12. The number of hydrogen-bond acceptors (Lipinski definition) is 3. The Hall–Kier alpha value is -3.54. The number of anilines is 1. The number of hydrogen-bond donors (Lipinski definition) is 1. The maximum Gasteiger partial charge on any atom is 0.259 e. The van der Waals surface area contributed by atoms with Crippen LogP contribution in [0.15, 0.2) is 67.0 Å². The van der Waals surface area contributed by atoms with Gasteiger partial charge in [-0.25, -0.2) is 9.07 Å². The van der Waals surface area contributed by atoms with E-state index in [9.17, 15) is 9.18 Å². The zero-order valence-corrected chi connectivity index (χ0v) is 14.0. The fourth-order valence-corrected chi connectivity index (χ4v) is 2.87. The number of nitrogens with zero attached hydrogens (tertiary/aromatic N) is 3. The molecule has 26 heavy (non-hydrogen) atoms. The van der Waals surface area contributed by atoms with E-state index in [-0.39, 0.29) is 11.7 Å². The van der Waals surface area contributed by atoms with E-state index in [1.807, 2.05) is 30.3 Å². The van der Waals surface area contributed by atoms with Gasteiger partial charge in [-0.2, -0.15) is 5.10 Å². The van der Waals surface area contributed by atoms with E-state index in [1.54, 1.807) is 29.9 Å². The first-order valence-corrected chi connectivity index (χ1v) is 8.09. The van der Waals surface area contributed by atoms with Gasteiger partial charge in [-0.15, -0.1) is 0 Å². The summed E-state index contributed by atoms with van der Waals surface area (Å²) in [5.74, 6) is -0.589. The third-order valence-electron chi connectivity index (χ3n) is 4.21. The van der Waals surface area contributed by atoms with Gasteiger partial charge in [-0.3, -0.25) is 9.78 Å². The van der Waals surface area contributed by atoms with Gasteiger partial charge in [-0.05, 0) is 43.3 Å². The van der Waals surface area contributed by atoms with E-state index in [2.05, 4.69) is 15.4 Å². The quantitative estimate of drug-likeness (QED) is 0.607. The molecule has 2 aromatic carbocycles. The molecule has 0 unspecified atom stereocenters. The molecule has 0 radical (unpaired) electrons. The molecule has 0 spiro atoms. The minimum absolute atomic E-state index is 0.269. The summed E-state index contributed by atoms with van der Waals surface area (Å²) in [6, 6.07) is 15.4. The second kappa shape index (κ2) is 6.40. The van der Waals surface area contributed by atoms with Crippen LogP contribution in [0.5, 0.6) is 0 Å². The van der Waals surface area contributed by atoms with Crippen LogP contribution in [0, 0.1) is 12.7 Å². The Bertz CT molecular complexity index is 1100. The number of halogens is 1. The van der Waals surface area contributed by atoms with Gasteiger partial charge in [-0.1, -0.05) is 18.2 Å². The van der Waals surface area contributed by atoms with E-state index in [4.69, 9.17) is 0 Å². The van der Waals surface area contributed by atoms with E-state index in [0.717, 1.165) is 10.9 Å². The van der Waals surface area contributed by atoms with Crippen LogP contribution >= 0.6 is 0 Å². The van der Waals surface area contributed by atoms with Gasteiger partial charge in [0.15, 0.2) is 0 Å². The highest BCUT2D eigenvalue weighted by Gasteiger charge is 2.16. The van der Waals surface area contributed by atoms with Gasteiger partial charge in [0.1, 0.15) is 5.82 Å². The summed E-state index contributed by atoms with van der Waals surface area (Å²) in [6.45, 7) is 1.80. The zero-order valence-electron chi connectivity index (χ0n) is 14.0. The van der Waals surface area contributed by atoms with Gasteiger partial charge in [0.25, 0.3) is 5.91 Å². The molecule has 6 heteroatoms. The number of pyridine rings is 1. The van der Waals surface area contributed by atoms with E-state index in [0.29, 0.717) is 22.6 Å². The van der Waals surface area contributed by atoms with Crippen molar-refractivity contribution in [2.45, 2.75) is 6.92 Å². The summed E-state index contributed by atoms with van der Waals surface area (Å²) in [4.78, 5) is 17.1. The van der Waals surface area contributed by atoms with E-state index in [1.165, 1.54) is 18.3 Å². The first-order valence-electron chi connectivity index (χ1n) is 8.09. The number of benzene rings is 2. The van der Waals surface area contributed by atoms with E-state index >= 15 is 0 Å². The SMILES string of the molecule is Cc1c(C(=O)Nc2cccc3cccnc23)cnn1-c1ccc(F)cc1. The molecule has 1 N–H and O–H groups in total. The highest BCUT2D eigenvalue weighted by atomic mass is 19.1. The summed E-state index contributed by atoms with van der Waals surface area (Å²) < 4.78 is 14.7. The Kier molecular flexibility index (Phi) is 3.93. The Morgan fingerprint density at radius 1 is 1.08 bits per heavy atom. The Morgan fingerprint density at radius 2 is 1.85 bits per heavy atom. The van der Waals surface area contributed by atoms with Gasteiger partial charge in [0.05, 0.1) is 34.3 Å². The summed E-state index contributed by atoms with van der Waals surface area (Å²) in [6.07, 6.45) is 3.20. The molecule has 0 saturated carbocycles. The summed E-state index contributed by atoms with van der Waals surface area (Å²) >= 11 is 0. The van der Waals surface area contributed by atoms with Crippen molar-refractivity contribution < 1.29 is 9.18 Å². The molecular weight excluding hydrogens is 331 g/mol. The number of carbonyl (C=O) groups excluding carboxylic acids is 1. The third-order valence-corrected chi connectivity index (χ3v) is 4.21. The Morgan fingerprint density at radius 3 is 2.65 bits per heavy atom. The topological polar surface area (TPSA) is 59.8 Å². The van der Waals surface area contributed by atoms with Crippen molar-refractivity contribution in [3.05, 3.63) is 84.1 Å². The van der Waals surface area contributed by atoms with Gasteiger partial charge in [0.2, 0.25) is 0 Å². The van der Waals surface area contributed by atoms with Crippen LogP contribution in [0.25, 0.3) is 16.6 Å². The molecule has 0 aliphatic rings. The average molecular weight is 346 g/mol. The molecule has 0 aliphatic heterocycles. The molecule has 0 saturated heterocycles. The first kappa shape index (κ1) is 16.0. The molecule has 1 amide bonds.